The average molecular weight is 1380 g/mol. The molecule has 3 N–H and O–H groups in total. The van der Waals surface area contributed by atoms with E-state index in [1.807, 2.05) is 0 Å². The van der Waals surface area contributed by atoms with Crippen LogP contribution in [0.5, 0.6) is 5.75 Å². The van der Waals surface area contributed by atoms with Crippen LogP contribution in [0.15, 0.2) is 47.6 Å². The lowest BCUT2D eigenvalue weighted by Crippen LogP contribution is -2.51. The molecule has 0 bridgehead atoms. The molecular formula is C76H127N3O15P2-2. The molecule has 0 heterocycles. The summed E-state index contributed by atoms with van der Waals surface area (Å²) in [7, 11) is -5.96. The normalized spacial score (nSPS) is 33.0. The number of amides is 1. The summed E-state index contributed by atoms with van der Waals surface area (Å²) < 4.78 is 56.4. The molecule has 2 unspecified atom stereocenters. The molecule has 0 radical (unpaired) electrons. The number of phosphoric acid groups is 2. The van der Waals surface area contributed by atoms with E-state index in [2.05, 4.69) is 100 Å². The number of alkyl carbamates (subject to hydrolysis) is 1. The second kappa shape index (κ2) is 36.6. The molecule has 20 heteroatoms. The molecule has 96 heavy (non-hydrogen) atoms. The number of hydrogen-bond acceptors (Lipinski definition) is 16. The minimum Gasteiger partial charge on any atom is -0.756 e. The summed E-state index contributed by atoms with van der Waals surface area (Å²) in [5.41, 5.74) is 9.74. The van der Waals surface area contributed by atoms with E-state index >= 15 is 0 Å². The van der Waals surface area contributed by atoms with Crippen LogP contribution in [0.3, 0.4) is 0 Å². The van der Waals surface area contributed by atoms with E-state index < -0.39 is 26.7 Å². The fourth-order valence-corrected chi connectivity index (χ4v) is 21.3. The first-order chi connectivity index (χ1) is 45.5. The van der Waals surface area contributed by atoms with Crippen molar-refractivity contribution in [2.45, 2.75) is 274 Å². The number of phosphoric ester groups is 2. The fraction of sp³-hybridized carbons (Fsp3) is 0.842. The van der Waals surface area contributed by atoms with E-state index in [0.717, 1.165) is 169 Å². The van der Waals surface area contributed by atoms with Gasteiger partial charge in [-0.1, -0.05) is 157 Å². The number of nitrogens with zero attached hydrogens (tertiary/aromatic N) is 1. The summed E-state index contributed by atoms with van der Waals surface area (Å²) in [6, 6.07) is 5.51. The Morgan fingerprint density at radius 3 is 1.47 bits per heavy atom. The number of unbranched alkanes of at least 4 members (excludes halogenated alkanes) is 6. The molecule has 1 aromatic carbocycles. The monoisotopic (exact) mass is 1380 g/mol. The molecule has 8 aliphatic carbocycles. The largest absolute Gasteiger partial charge is 0.756 e. The first-order valence-corrected chi connectivity index (χ1v) is 40.6. The van der Waals surface area contributed by atoms with Crippen molar-refractivity contribution >= 4 is 33.6 Å². The van der Waals surface area contributed by atoms with Crippen molar-refractivity contribution in [2.75, 3.05) is 40.5 Å². The van der Waals surface area contributed by atoms with E-state index in [0.29, 0.717) is 30.3 Å². The molecule has 9 rings (SSSR count). The topological polar surface area (TPSA) is 260 Å². The third-order valence-electron chi connectivity index (χ3n) is 25.7. The lowest BCUT2D eigenvalue weighted by molar-refractivity contribution is -0.384. The highest BCUT2D eigenvalue weighted by Crippen LogP contribution is 2.69. The Kier molecular flexibility index (Phi) is 30.6. The first kappa shape index (κ1) is 80.1. The Morgan fingerprint density at radius 2 is 1.03 bits per heavy atom. The molecule has 6 saturated carbocycles. The molecular weight excluding hydrogens is 1260 g/mol. The van der Waals surface area contributed by atoms with Gasteiger partial charge in [0.1, 0.15) is 18.0 Å². The smallest absolute Gasteiger partial charge is 0.514 e. The van der Waals surface area contributed by atoms with Gasteiger partial charge in [-0.15, -0.1) is 0 Å². The predicted octanol–water partition coefficient (Wildman–Crippen LogP) is 19.0. The van der Waals surface area contributed by atoms with Crippen LogP contribution in [0.1, 0.15) is 262 Å². The quantitative estimate of drug-likeness (QED) is 0.0133. The zero-order valence-electron chi connectivity index (χ0n) is 61.1. The Labute approximate surface area is 578 Å². The molecule has 0 aliphatic heterocycles. The number of nitro benzene ring substituents is 1. The molecule has 1 aromatic rings. The Balaban J connectivity index is 0.000000229. The summed E-state index contributed by atoms with van der Waals surface area (Å²) in [5, 5.41) is 13.8. The molecule has 0 saturated heterocycles. The second-order valence-corrected chi connectivity index (χ2v) is 35.4. The van der Waals surface area contributed by atoms with Gasteiger partial charge in [0.05, 0.1) is 18.1 Å². The van der Waals surface area contributed by atoms with Gasteiger partial charge in [0.15, 0.2) is 0 Å². The molecule has 0 aromatic heterocycles. The van der Waals surface area contributed by atoms with Gasteiger partial charge >= 0.3 is 12.2 Å². The van der Waals surface area contributed by atoms with Gasteiger partial charge in [-0.05, 0) is 227 Å². The zero-order chi connectivity index (χ0) is 70.1. The fourth-order valence-electron chi connectivity index (χ4n) is 20.4. The van der Waals surface area contributed by atoms with E-state index in [-0.39, 0.29) is 53.8 Å². The number of non-ortho nitro benzene ring substituents is 1. The molecule has 0 spiro atoms. The number of carbonyl (C=O) groups is 2. The molecule has 548 valence electrons. The van der Waals surface area contributed by atoms with Crippen LogP contribution >= 0.6 is 15.6 Å². The number of rotatable bonds is 31. The van der Waals surface area contributed by atoms with Crippen LogP contribution < -0.4 is 25.6 Å². The Bertz CT molecular complexity index is 2780. The number of nitro groups is 1. The highest BCUT2D eigenvalue weighted by molar-refractivity contribution is 7.46. The Morgan fingerprint density at radius 1 is 0.583 bits per heavy atom. The van der Waals surface area contributed by atoms with Crippen molar-refractivity contribution in [3.05, 3.63) is 57.7 Å². The minimum absolute atomic E-state index is 0.0343. The van der Waals surface area contributed by atoms with Crippen LogP contribution in [0.25, 0.3) is 0 Å². The van der Waals surface area contributed by atoms with E-state index in [1.54, 1.807) is 5.57 Å². The zero-order valence-corrected chi connectivity index (χ0v) is 62.9. The second-order valence-electron chi connectivity index (χ2n) is 32.4. The van der Waals surface area contributed by atoms with Gasteiger partial charge in [0, 0.05) is 45.7 Å². The molecule has 18 atom stereocenters. The van der Waals surface area contributed by atoms with Crippen molar-refractivity contribution in [1.29, 1.82) is 0 Å². The lowest BCUT2D eigenvalue weighted by Gasteiger charge is -2.58. The summed E-state index contributed by atoms with van der Waals surface area (Å²) in [4.78, 5) is 57.3. The maximum absolute atomic E-state index is 12.6. The van der Waals surface area contributed by atoms with Crippen LogP contribution in [0.2, 0.25) is 0 Å². The van der Waals surface area contributed by atoms with Crippen molar-refractivity contribution in [2.24, 2.45) is 98.4 Å². The third-order valence-corrected chi connectivity index (χ3v) is 27.6. The molecule has 8 aliphatic rings. The minimum atomic E-state index is -4.13. The predicted molar refractivity (Wildman–Crippen MR) is 375 cm³/mol. The van der Waals surface area contributed by atoms with Crippen molar-refractivity contribution in [3.8, 4) is 5.75 Å². The number of nitrogens with one attached hydrogen (secondary N) is 1. The molecule has 18 nitrogen and oxygen atoms in total. The van der Waals surface area contributed by atoms with Gasteiger partial charge < -0.3 is 53.1 Å². The number of allylic oxidation sites excluding steroid dienone is 2. The van der Waals surface area contributed by atoms with Crippen molar-refractivity contribution in [1.82, 2.24) is 5.32 Å². The van der Waals surface area contributed by atoms with Gasteiger partial charge in [-0.2, -0.15) is 0 Å². The standard InChI is InChI=1S/C35H62NO6P.C34H49NO5.C7H18NO4P/c1-25(2)12-11-13-26(3)30-16-17-31-29-15-14-27-24-28(18-20-34(27,4)32(29)19-21-35(30,31)5)42-33(37)36-22-9-7-8-10-23-41-43(38,39)40-6;1-22(2)7-6-8-23(3)29-15-16-30-28-14-9-24-21-27(17-19-33(24,4)31(28)18-20-34(29,30)5)40-32(36)39-26-12-10-25(11-13-26)35(37)38;1-11-13(9,10)12-7-5-3-2-4-6-8/h14,25-26,28-32H,7-13,15-24H2,1-6H3,(H,36,37)(H,38,39);9-13,22-23,27-31H,6-8,14-21H2,1-5H3;2-8H2,1H3,(H,9,10)/p-2/t26-,28+,29+,30-,31+,32+,34+,35-;23-,27+,28+,29-,30+,31+,33+,34-;/m11./s1. The van der Waals surface area contributed by atoms with Gasteiger partial charge in [-0.25, -0.2) is 9.59 Å². The average Bonchev–Trinajstić information content (AvgIpc) is 1.16. The number of hydrogen-bond donors (Lipinski definition) is 2. The van der Waals surface area contributed by atoms with E-state index in [9.17, 15) is 38.6 Å². The number of ether oxygens (including phenoxy) is 3. The molecule has 1 amide bonds. The van der Waals surface area contributed by atoms with E-state index in [4.69, 9.17) is 24.5 Å². The van der Waals surface area contributed by atoms with Gasteiger partial charge in [0.2, 0.25) is 0 Å². The van der Waals surface area contributed by atoms with Gasteiger partial charge in [0.25, 0.3) is 21.3 Å². The summed E-state index contributed by atoms with van der Waals surface area (Å²) >= 11 is 0. The van der Waals surface area contributed by atoms with Crippen LogP contribution in [-0.2, 0) is 36.7 Å². The van der Waals surface area contributed by atoms with Gasteiger partial charge in [-0.3, -0.25) is 19.2 Å². The van der Waals surface area contributed by atoms with E-state index in [1.165, 1.54) is 133 Å². The number of nitrogens with two attached hydrogens (primary N) is 1. The summed E-state index contributed by atoms with van der Waals surface area (Å²) in [5.74, 6) is 10.1. The third kappa shape index (κ3) is 21.2. The number of carbonyl (C=O) groups excluding carboxylic acids is 2. The summed E-state index contributed by atoms with van der Waals surface area (Å²) in [6.45, 7) is 26.4. The van der Waals surface area contributed by atoms with Crippen molar-refractivity contribution in [3.63, 3.8) is 0 Å². The van der Waals surface area contributed by atoms with Crippen LogP contribution in [0, 0.1) is 103 Å². The molecule has 6 fully saturated rings. The maximum atomic E-state index is 12.6. The SMILES string of the molecule is CC(C)CCC[C@@H](C)[C@H]1CC[C@H]2[C@@H]3CC=C4C[C@@H](OC(=O)Oc5ccc([N+](=O)[O-])cc5)CC[C@]4(C)[C@H]3CC[C@]12C.COP(=O)([O-])OCCCCCCN.COP(=O)([O-])OCCCCCCNC(=O)O[C@H]1CC[C@@]2(C)C(=CC[C@H]3[C@@H]4CC[C@H]([C@H](C)CCCC(C)C)[C@@]4(C)CC[C@@H]32)C1. The number of benzene rings is 1. The first-order valence-electron chi connectivity index (χ1n) is 37.7. The Hall–Kier alpha value is -3.18. The maximum Gasteiger partial charge on any atom is 0.514 e. The number of fused-ring (bicyclic) bond motifs is 10. The van der Waals surface area contributed by atoms with Crippen molar-refractivity contribution < 1.29 is 65.7 Å². The highest BCUT2D eigenvalue weighted by atomic mass is 31.2. The highest BCUT2D eigenvalue weighted by Gasteiger charge is 2.61. The summed E-state index contributed by atoms with van der Waals surface area (Å²) in [6.07, 6.45) is 38.0. The van der Waals surface area contributed by atoms with Crippen LogP contribution in [-0.4, -0.2) is 69.9 Å². The lowest BCUT2D eigenvalue weighted by atomic mass is 9.47. The van der Waals surface area contributed by atoms with Crippen LogP contribution in [0.4, 0.5) is 15.3 Å².